The van der Waals surface area contributed by atoms with E-state index in [1.807, 2.05) is 49.4 Å². The fraction of sp³-hybridized carbons (Fsp3) is 0.310. The van der Waals surface area contributed by atoms with Gasteiger partial charge in [0.2, 0.25) is 0 Å². The summed E-state index contributed by atoms with van der Waals surface area (Å²) in [5, 5.41) is 25.3. The number of nitrogens with zero attached hydrogens (tertiary/aromatic N) is 2. The maximum absolute atomic E-state index is 12.2. The summed E-state index contributed by atoms with van der Waals surface area (Å²) in [4.78, 5) is 14.5. The molecule has 0 saturated carbocycles. The number of amides is 1. The average Bonchev–Trinajstić information content (AvgIpc) is 2.88. The molecule has 1 aliphatic heterocycles. The molecule has 9 heteroatoms. The van der Waals surface area contributed by atoms with E-state index in [1.54, 1.807) is 6.21 Å². The van der Waals surface area contributed by atoms with E-state index in [-0.39, 0.29) is 19.6 Å². The highest BCUT2D eigenvalue weighted by Crippen LogP contribution is 2.33. The quantitative estimate of drug-likeness (QED) is 0.232. The van der Waals surface area contributed by atoms with Crippen molar-refractivity contribution in [1.29, 1.82) is 0 Å². The minimum atomic E-state index is -0.812. The third-order valence-electron chi connectivity index (χ3n) is 6.56. The maximum Gasteiger partial charge on any atom is 0.271 e. The number of ether oxygens (including phenoxy) is 1. The van der Waals surface area contributed by atoms with Crippen LogP contribution in [0.3, 0.4) is 0 Å². The SMILES string of the molecule is C.Cc1cc(OCCN2CCC(O)(c3ccc(Cl)cc3)CC2)ccc1/C=N/NC(=O)c1ccc(O)c(Cl)c1.[HH]. The molecule has 1 aliphatic rings. The Morgan fingerprint density at radius 1 is 1.13 bits per heavy atom. The lowest BCUT2D eigenvalue weighted by molar-refractivity contribution is -0.0278. The van der Waals surface area contributed by atoms with Crippen LogP contribution in [0.1, 0.15) is 48.7 Å². The zero-order chi connectivity index (χ0) is 26.4. The first-order chi connectivity index (χ1) is 17.7. The van der Waals surface area contributed by atoms with E-state index in [1.165, 1.54) is 18.2 Å². The van der Waals surface area contributed by atoms with Gasteiger partial charge in [0.05, 0.1) is 16.8 Å². The number of carbonyl (C=O) groups excluding carboxylic acids is 1. The number of nitrogens with one attached hydrogen (secondary N) is 1. The number of rotatable bonds is 8. The minimum absolute atomic E-state index is 0. The van der Waals surface area contributed by atoms with Gasteiger partial charge in [-0.25, -0.2) is 5.43 Å². The van der Waals surface area contributed by atoms with Gasteiger partial charge in [-0.2, -0.15) is 5.10 Å². The molecule has 3 aromatic carbocycles. The van der Waals surface area contributed by atoms with Crippen LogP contribution < -0.4 is 10.2 Å². The first kappa shape index (κ1) is 29.5. The number of halogens is 2. The summed E-state index contributed by atoms with van der Waals surface area (Å²) >= 11 is 11.8. The van der Waals surface area contributed by atoms with E-state index < -0.39 is 11.5 Å². The molecule has 0 radical (unpaired) electrons. The van der Waals surface area contributed by atoms with Gasteiger partial charge in [-0.3, -0.25) is 9.69 Å². The number of likely N-dealkylation sites (tertiary alicyclic amines) is 1. The van der Waals surface area contributed by atoms with Gasteiger partial charge in [0.25, 0.3) is 5.91 Å². The molecular weight excluding hydrogens is 525 g/mol. The largest absolute Gasteiger partial charge is 0.506 e. The van der Waals surface area contributed by atoms with Crippen molar-refractivity contribution < 1.29 is 21.2 Å². The maximum atomic E-state index is 12.2. The molecule has 1 amide bonds. The van der Waals surface area contributed by atoms with Gasteiger partial charge < -0.3 is 14.9 Å². The van der Waals surface area contributed by atoms with E-state index in [9.17, 15) is 15.0 Å². The lowest BCUT2D eigenvalue weighted by Gasteiger charge is -2.38. The van der Waals surface area contributed by atoms with Gasteiger partial charge in [0.15, 0.2) is 0 Å². The van der Waals surface area contributed by atoms with E-state index in [2.05, 4.69) is 15.4 Å². The lowest BCUT2D eigenvalue weighted by Crippen LogP contribution is -2.43. The Hall–Kier alpha value is -3.10. The molecular formula is C29H35Cl2N3O4. The third kappa shape index (κ3) is 7.48. The molecule has 38 heavy (non-hydrogen) atoms. The van der Waals surface area contributed by atoms with Crippen LogP contribution in [0.25, 0.3) is 0 Å². The van der Waals surface area contributed by atoms with Gasteiger partial charge in [-0.1, -0.05) is 42.8 Å². The Kier molecular flexibility index (Phi) is 10.2. The van der Waals surface area contributed by atoms with Gasteiger partial charge >= 0.3 is 0 Å². The lowest BCUT2D eigenvalue weighted by atomic mass is 9.84. The van der Waals surface area contributed by atoms with Gasteiger partial charge in [-0.15, -0.1) is 0 Å². The molecule has 0 unspecified atom stereocenters. The second-order valence-corrected chi connectivity index (χ2v) is 9.96. The van der Waals surface area contributed by atoms with Crippen molar-refractivity contribution in [1.82, 2.24) is 10.3 Å². The molecule has 0 aliphatic carbocycles. The van der Waals surface area contributed by atoms with Crippen molar-refractivity contribution in [3.05, 3.63) is 93.0 Å². The van der Waals surface area contributed by atoms with Crippen LogP contribution in [-0.4, -0.2) is 53.5 Å². The Bertz CT molecular complexity index is 1280. The normalized spacial score (nSPS) is 15.2. The number of hydrogen-bond acceptors (Lipinski definition) is 6. The van der Waals surface area contributed by atoms with E-state index in [0.717, 1.165) is 42.1 Å². The summed E-state index contributed by atoms with van der Waals surface area (Å²) < 4.78 is 5.95. The second-order valence-electron chi connectivity index (χ2n) is 9.11. The Morgan fingerprint density at radius 3 is 2.50 bits per heavy atom. The molecule has 3 N–H and O–H groups in total. The highest BCUT2D eigenvalue weighted by molar-refractivity contribution is 6.32. The fourth-order valence-electron chi connectivity index (χ4n) is 4.24. The Morgan fingerprint density at radius 2 is 1.84 bits per heavy atom. The molecule has 1 heterocycles. The predicted octanol–water partition coefficient (Wildman–Crippen LogP) is 6.02. The number of aromatic hydroxyl groups is 1. The van der Waals surface area contributed by atoms with Crippen molar-refractivity contribution in [2.45, 2.75) is 32.8 Å². The number of hydrazone groups is 1. The van der Waals surface area contributed by atoms with Crippen molar-refractivity contribution in [2.75, 3.05) is 26.2 Å². The van der Waals surface area contributed by atoms with Crippen LogP contribution in [0, 0.1) is 6.92 Å². The van der Waals surface area contributed by atoms with Crippen molar-refractivity contribution in [3.63, 3.8) is 0 Å². The van der Waals surface area contributed by atoms with Gasteiger partial charge in [0, 0.05) is 31.6 Å². The molecule has 0 aromatic heterocycles. The number of aryl methyl sites for hydroxylation is 1. The van der Waals surface area contributed by atoms with E-state index in [0.29, 0.717) is 30.0 Å². The van der Waals surface area contributed by atoms with Crippen LogP contribution >= 0.6 is 23.2 Å². The summed E-state index contributed by atoms with van der Waals surface area (Å²) in [6.45, 7) is 4.83. The smallest absolute Gasteiger partial charge is 0.271 e. The van der Waals surface area contributed by atoms with Crippen molar-refractivity contribution in [3.8, 4) is 11.5 Å². The van der Waals surface area contributed by atoms with E-state index >= 15 is 0 Å². The number of hydrogen-bond donors (Lipinski definition) is 3. The molecule has 0 spiro atoms. The summed E-state index contributed by atoms with van der Waals surface area (Å²) in [6.07, 6.45) is 2.89. The average molecular weight is 561 g/mol. The molecule has 204 valence electrons. The third-order valence-corrected chi connectivity index (χ3v) is 7.12. The van der Waals surface area contributed by atoms with Crippen LogP contribution in [-0.2, 0) is 5.60 Å². The molecule has 7 nitrogen and oxygen atoms in total. The molecule has 1 fully saturated rings. The highest BCUT2D eigenvalue weighted by Gasteiger charge is 2.33. The number of piperidine rings is 1. The summed E-state index contributed by atoms with van der Waals surface area (Å²) in [7, 11) is 0. The summed E-state index contributed by atoms with van der Waals surface area (Å²) in [5.41, 5.74) is 4.65. The fourth-order valence-corrected chi connectivity index (χ4v) is 4.55. The summed E-state index contributed by atoms with van der Waals surface area (Å²) in [6, 6.07) is 17.3. The number of carbonyl (C=O) groups is 1. The number of phenolic OH excluding ortho intramolecular Hbond substituents is 1. The van der Waals surface area contributed by atoms with Crippen molar-refractivity contribution in [2.24, 2.45) is 5.10 Å². The predicted molar refractivity (Wildman–Crippen MR) is 155 cm³/mol. The topological polar surface area (TPSA) is 94.4 Å². The van der Waals surface area contributed by atoms with Crippen LogP contribution in [0.4, 0.5) is 0 Å². The van der Waals surface area contributed by atoms with Crippen molar-refractivity contribution >= 4 is 35.3 Å². The van der Waals surface area contributed by atoms with Crippen LogP contribution in [0.2, 0.25) is 10.0 Å². The minimum Gasteiger partial charge on any atom is -0.506 e. The molecule has 4 rings (SSSR count). The Labute approximate surface area is 235 Å². The van der Waals surface area contributed by atoms with Gasteiger partial charge in [-0.05, 0) is 85.0 Å². The number of phenols is 1. The molecule has 1 saturated heterocycles. The number of aliphatic hydroxyl groups is 1. The van der Waals surface area contributed by atoms with Crippen LogP contribution in [0.15, 0.2) is 65.8 Å². The Balaban J connectivity index is 0.00000267. The highest BCUT2D eigenvalue weighted by atomic mass is 35.5. The zero-order valence-corrected chi connectivity index (χ0v) is 22.0. The number of benzene rings is 3. The molecule has 3 aromatic rings. The zero-order valence-electron chi connectivity index (χ0n) is 20.5. The molecule has 0 bridgehead atoms. The molecule has 0 atom stereocenters. The second kappa shape index (κ2) is 13.1. The summed E-state index contributed by atoms with van der Waals surface area (Å²) in [5.74, 6) is 0.240. The standard InChI is InChI=1S/C28H29Cl2N3O4.CH4.H2/c1-19-16-24(8-2-21(19)18-31-32-27(35)20-3-9-26(34)25(30)17-20)37-15-14-33-12-10-28(36,11-13-33)22-4-6-23(29)7-5-22;;/h2-9,16-18,34,36H,10-15H2,1H3,(H,32,35);1H4;1H/b31-18+;;. The monoisotopic (exact) mass is 559 g/mol. The van der Waals surface area contributed by atoms with E-state index in [4.69, 9.17) is 27.9 Å². The van der Waals surface area contributed by atoms with Crippen LogP contribution in [0.5, 0.6) is 11.5 Å². The first-order valence-electron chi connectivity index (χ1n) is 12.0. The first-order valence-corrected chi connectivity index (χ1v) is 12.8. The van der Waals surface area contributed by atoms with Gasteiger partial charge in [0.1, 0.15) is 18.1 Å².